The van der Waals surface area contributed by atoms with E-state index >= 15 is 0 Å². The lowest BCUT2D eigenvalue weighted by molar-refractivity contribution is -0.187. The zero-order valence-corrected chi connectivity index (χ0v) is 29.1. The molecule has 2 atom stereocenters. The van der Waals surface area contributed by atoms with Crippen LogP contribution in [-0.4, -0.2) is 32.2 Å². The highest BCUT2D eigenvalue weighted by molar-refractivity contribution is 4.65. The Kier molecular flexibility index (Phi) is 60.9. The van der Waals surface area contributed by atoms with Crippen LogP contribution in [0.3, 0.4) is 0 Å². The summed E-state index contributed by atoms with van der Waals surface area (Å²) in [5.41, 5.74) is 0. The van der Waals surface area contributed by atoms with Gasteiger partial charge in [0.1, 0.15) is 0 Å². The quantitative estimate of drug-likeness (QED) is 0.316. The molecule has 2 saturated heterocycles. The van der Waals surface area contributed by atoms with Gasteiger partial charge in [0.2, 0.25) is 0 Å². The van der Waals surface area contributed by atoms with Gasteiger partial charge in [0.05, 0.1) is 19.3 Å². The van der Waals surface area contributed by atoms with Gasteiger partial charge in [-0.1, -0.05) is 136 Å². The van der Waals surface area contributed by atoms with Gasteiger partial charge < -0.3 is 14.2 Å². The first-order chi connectivity index (χ1) is 17.4. The fourth-order valence-corrected chi connectivity index (χ4v) is 3.14. The third-order valence-corrected chi connectivity index (χ3v) is 5.27. The Bertz CT molecular complexity index is 208. The third-order valence-electron chi connectivity index (χ3n) is 5.27. The maximum atomic E-state index is 5.39. The molecule has 36 heavy (non-hydrogen) atoms. The van der Waals surface area contributed by atoms with Crippen molar-refractivity contribution in [3.8, 4) is 0 Å². The average Bonchev–Trinajstić information content (AvgIpc) is 2.96. The summed E-state index contributed by atoms with van der Waals surface area (Å²) in [6, 6.07) is 0. The summed E-state index contributed by atoms with van der Waals surface area (Å²) >= 11 is 0. The van der Waals surface area contributed by atoms with E-state index in [0.717, 1.165) is 37.6 Å². The Balaban J connectivity index is -0.0000000775. The van der Waals surface area contributed by atoms with Crippen molar-refractivity contribution in [1.29, 1.82) is 0 Å². The van der Waals surface area contributed by atoms with E-state index in [2.05, 4.69) is 34.6 Å². The molecule has 0 bridgehead atoms. The van der Waals surface area contributed by atoms with Gasteiger partial charge in [-0.15, -0.1) is 0 Å². The molecule has 0 N–H and O–H groups in total. The number of rotatable bonds is 0. The van der Waals surface area contributed by atoms with Crippen LogP contribution >= 0.6 is 0 Å². The van der Waals surface area contributed by atoms with Gasteiger partial charge in [0, 0.05) is 12.5 Å². The molecule has 2 heterocycles. The third kappa shape index (κ3) is 41.0. The minimum atomic E-state index is 0.0196. The minimum Gasteiger partial charge on any atom is -0.378 e. The summed E-state index contributed by atoms with van der Waals surface area (Å²) in [5, 5.41) is 0. The van der Waals surface area contributed by atoms with Crippen molar-refractivity contribution in [3.63, 3.8) is 0 Å². The molecule has 3 rings (SSSR count). The van der Waals surface area contributed by atoms with Crippen molar-refractivity contribution in [1.82, 2.24) is 0 Å². The molecule has 0 aromatic heterocycles. The highest BCUT2D eigenvalue weighted by Gasteiger charge is 2.14. The Morgan fingerprint density at radius 1 is 0.333 bits per heavy atom. The molecule has 1 saturated carbocycles. The van der Waals surface area contributed by atoms with E-state index in [4.69, 9.17) is 14.2 Å². The summed E-state index contributed by atoms with van der Waals surface area (Å²) in [7, 11) is 0. The highest BCUT2D eigenvalue weighted by Crippen LogP contribution is 2.27. The van der Waals surface area contributed by atoms with Crippen molar-refractivity contribution >= 4 is 0 Å². The first kappa shape index (κ1) is 48.9. The van der Waals surface area contributed by atoms with E-state index in [1.807, 2.05) is 90.0 Å². The van der Waals surface area contributed by atoms with E-state index < -0.39 is 0 Å². The molecule has 0 aromatic carbocycles. The zero-order chi connectivity index (χ0) is 29.9. The van der Waals surface area contributed by atoms with Crippen molar-refractivity contribution < 1.29 is 14.2 Å². The molecule has 0 spiro atoms. The number of ether oxygens (including phenoxy) is 3. The molecule has 3 aliphatic rings. The fraction of sp³-hybridized carbons (Fsp3) is 1.00. The van der Waals surface area contributed by atoms with Crippen molar-refractivity contribution in [2.24, 2.45) is 23.7 Å². The highest BCUT2D eigenvalue weighted by atomic mass is 16.7. The molecular formula is C33H78O3. The second-order valence-corrected chi connectivity index (χ2v) is 8.53. The number of hydrogen-bond donors (Lipinski definition) is 0. The van der Waals surface area contributed by atoms with E-state index in [1.165, 1.54) is 38.5 Å². The van der Waals surface area contributed by atoms with Crippen LogP contribution in [0.25, 0.3) is 0 Å². The normalized spacial score (nSPS) is 27.5. The van der Waals surface area contributed by atoms with Crippen molar-refractivity contribution in [2.75, 3.05) is 19.8 Å². The molecule has 2 unspecified atom stereocenters. The topological polar surface area (TPSA) is 27.7 Å². The van der Waals surface area contributed by atoms with Crippen LogP contribution in [0, 0.1) is 23.7 Å². The molecule has 3 fully saturated rings. The van der Waals surface area contributed by atoms with Gasteiger partial charge in [-0.25, -0.2) is 0 Å². The lowest BCUT2D eigenvalue weighted by Gasteiger charge is -2.24. The number of hydrogen-bond acceptors (Lipinski definition) is 3. The van der Waals surface area contributed by atoms with Gasteiger partial charge in [-0.3, -0.25) is 0 Å². The van der Waals surface area contributed by atoms with Gasteiger partial charge in [-0.2, -0.15) is 0 Å². The monoisotopic (exact) mass is 523 g/mol. The largest absolute Gasteiger partial charge is 0.378 e. The molecule has 228 valence electrons. The smallest absolute Gasteiger partial charge is 0.154 e. The molecule has 2 aliphatic heterocycles. The summed E-state index contributed by atoms with van der Waals surface area (Å²) in [6.07, 6.45) is 9.03. The first-order valence-electron chi connectivity index (χ1n) is 16.2. The first-order valence-corrected chi connectivity index (χ1v) is 16.2. The predicted molar refractivity (Wildman–Crippen MR) is 169 cm³/mol. The summed E-state index contributed by atoms with van der Waals surface area (Å²) in [6.45, 7) is 39.8. The van der Waals surface area contributed by atoms with Crippen LogP contribution in [0.1, 0.15) is 163 Å². The van der Waals surface area contributed by atoms with E-state index in [-0.39, 0.29) is 6.29 Å². The second-order valence-electron chi connectivity index (χ2n) is 8.53. The van der Waals surface area contributed by atoms with Crippen LogP contribution in [-0.2, 0) is 14.2 Å². The van der Waals surface area contributed by atoms with Crippen molar-refractivity contribution in [2.45, 2.75) is 176 Å². The van der Waals surface area contributed by atoms with Gasteiger partial charge >= 0.3 is 0 Å². The van der Waals surface area contributed by atoms with Gasteiger partial charge in [0.15, 0.2) is 6.29 Å². The maximum absolute atomic E-state index is 5.39. The molecule has 0 aromatic rings. The maximum Gasteiger partial charge on any atom is 0.154 e. The summed E-state index contributed by atoms with van der Waals surface area (Å²) in [4.78, 5) is 0. The van der Waals surface area contributed by atoms with Gasteiger partial charge in [0.25, 0.3) is 0 Å². The van der Waals surface area contributed by atoms with E-state index in [0.29, 0.717) is 12.0 Å². The van der Waals surface area contributed by atoms with Gasteiger partial charge in [-0.05, 0) is 44.4 Å². The Morgan fingerprint density at radius 3 is 0.833 bits per heavy atom. The second kappa shape index (κ2) is 44.8. The fourth-order valence-electron chi connectivity index (χ4n) is 3.14. The van der Waals surface area contributed by atoms with Crippen molar-refractivity contribution in [3.05, 3.63) is 0 Å². The summed E-state index contributed by atoms with van der Waals surface area (Å²) < 4.78 is 15.7. The van der Waals surface area contributed by atoms with Crippen LogP contribution in [0.5, 0.6) is 0 Å². The molecule has 3 nitrogen and oxygen atoms in total. The Labute approximate surface area is 233 Å². The predicted octanol–water partition coefficient (Wildman–Crippen LogP) is 11.8. The Morgan fingerprint density at radius 2 is 0.611 bits per heavy atom. The lowest BCUT2D eigenvalue weighted by Crippen LogP contribution is -2.27. The van der Waals surface area contributed by atoms with Crippen LogP contribution in [0.2, 0.25) is 0 Å². The van der Waals surface area contributed by atoms with Crippen LogP contribution < -0.4 is 0 Å². The molecular weight excluding hydrogens is 444 g/mol. The standard InChI is InChI=1S/C8H16.C7H14O.C6H12O2.6C2H6/c1-7-3-5-8(2)6-4-7;1-6-3-4-7(2)8-5-6;1-5-3-7-6(2)8-4-5;6*1-2/h7-8H,3-6H2,1-2H3;6-7H,3-5H2,1-2H3;5-6H,3-4H2,1-2H3;6*1-2H3. The van der Waals surface area contributed by atoms with E-state index in [9.17, 15) is 0 Å². The van der Waals surface area contributed by atoms with E-state index in [1.54, 1.807) is 0 Å². The summed E-state index contributed by atoms with van der Waals surface area (Å²) in [5.74, 6) is 3.41. The minimum absolute atomic E-state index is 0.0196. The zero-order valence-electron chi connectivity index (χ0n) is 29.1. The Hall–Kier alpha value is -0.120. The average molecular weight is 523 g/mol. The SMILES string of the molecule is CC.CC.CC.CC.CC.CC.CC1CCC(C)CC1.CC1CCC(C)OC1.CC1COC(C)OC1. The molecule has 0 radical (unpaired) electrons. The van der Waals surface area contributed by atoms with Crippen LogP contribution in [0.4, 0.5) is 0 Å². The molecule has 0 amide bonds. The molecule has 3 heteroatoms. The molecule has 1 aliphatic carbocycles. The van der Waals surface area contributed by atoms with Crippen LogP contribution in [0.15, 0.2) is 0 Å². The lowest BCUT2D eigenvalue weighted by atomic mass is 9.84.